The molecule has 0 fully saturated rings. The number of halogens is 2. The first-order valence-corrected chi connectivity index (χ1v) is 12.5. The number of nitrogens with one attached hydrogen (secondary N) is 3. The zero-order valence-electron chi connectivity index (χ0n) is 21.7. The van der Waals surface area contributed by atoms with E-state index in [0.29, 0.717) is 30.3 Å². The summed E-state index contributed by atoms with van der Waals surface area (Å²) >= 11 is 0. The number of ether oxygens (including phenoxy) is 1. The number of allylic oxidation sites excluding steroid dienone is 6. The summed E-state index contributed by atoms with van der Waals surface area (Å²) in [5.41, 5.74) is 3.14. The number of aromatic nitrogens is 3. The molecule has 0 bridgehead atoms. The standard InChI is InChI=1S/C27H33F2N7O/c1-5-37-11-10-36-9-8-22-17(15-36)6-7-23(33-22)34-27-32-14-21(29)26(35-27)18-12-19(24(30)20(28)13-18)25(31-4)16(2)3/h6-7,12-14,16,30-31H,5,8-11,15H2,1-4H3,(H,32,33,34,35)/b25-19-,30-24?. The fourth-order valence-corrected chi connectivity index (χ4v) is 4.51. The molecule has 1 aliphatic heterocycles. The monoisotopic (exact) mass is 509 g/mol. The highest BCUT2D eigenvalue weighted by molar-refractivity contribution is 6.15. The third kappa shape index (κ3) is 6.08. The summed E-state index contributed by atoms with van der Waals surface area (Å²) in [5, 5.41) is 14.3. The van der Waals surface area contributed by atoms with Crippen LogP contribution in [0.2, 0.25) is 0 Å². The zero-order valence-corrected chi connectivity index (χ0v) is 21.7. The first kappa shape index (κ1) is 26.6. The van der Waals surface area contributed by atoms with Crippen molar-refractivity contribution in [2.24, 2.45) is 5.92 Å². The van der Waals surface area contributed by atoms with Crippen molar-refractivity contribution >= 4 is 23.1 Å². The number of nitrogens with zero attached hydrogens (tertiary/aromatic N) is 4. The minimum absolute atomic E-state index is 0.0167. The molecular formula is C27H33F2N7O. The van der Waals surface area contributed by atoms with E-state index in [0.717, 1.165) is 49.6 Å². The average molecular weight is 510 g/mol. The van der Waals surface area contributed by atoms with Crippen molar-refractivity contribution in [3.05, 3.63) is 70.3 Å². The Hall–Kier alpha value is -3.50. The molecular weight excluding hydrogens is 476 g/mol. The Kier molecular flexibility index (Phi) is 8.40. The van der Waals surface area contributed by atoms with E-state index in [-0.39, 0.29) is 28.8 Å². The second kappa shape index (κ2) is 11.7. The maximum atomic E-state index is 14.8. The SMILES string of the molecule is CCOCCN1CCc2nc(Nc3ncc(F)c(C4=C/C(=C(/NC)C(C)C)C(=N)C(F)=C4)n3)ccc2C1. The van der Waals surface area contributed by atoms with E-state index >= 15 is 0 Å². The van der Waals surface area contributed by atoms with Gasteiger partial charge in [-0.15, -0.1) is 0 Å². The molecule has 0 atom stereocenters. The van der Waals surface area contributed by atoms with Crippen molar-refractivity contribution in [1.82, 2.24) is 25.2 Å². The summed E-state index contributed by atoms with van der Waals surface area (Å²) in [4.78, 5) is 15.4. The molecule has 10 heteroatoms. The van der Waals surface area contributed by atoms with Crippen LogP contribution in [0.5, 0.6) is 0 Å². The van der Waals surface area contributed by atoms with Gasteiger partial charge in [-0.25, -0.2) is 23.7 Å². The summed E-state index contributed by atoms with van der Waals surface area (Å²) in [6.07, 6.45) is 4.58. The summed E-state index contributed by atoms with van der Waals surface area (Å²) in [6.45, 7) is 9.89. The number of hydrogen-bond donors (Lipinski definition) is 3. The van der Waals surface area contributed by atoms with Gasteiger partial charge in [0.2, 0.25) is 5.95 Å². The van der Waals surface area contributed by atoms with E-state index in [1.54, 1.807) is 13.1 Å². The van der Waals surface area contributed by atoms with Crippen LogP contribution < -0.4 is 10.6 Å². The molecule has 196 valence electrons. The lowest BCUT2D eigenvalue weighted by Gasteiger charge is -2.28. The van der Waals surface area contributed by atoms with Crippen LogP contribution in [0.4, 0.5) is 20.5 Å². The third-order valence-electron chi connectivity index (χ3n) is 6.37. The second-order valence-corrected chi connectivity index (χ2v) is 9.24. The van der Waals surface area contributed by atoms with Gasteiger partial charge in [-0.3, -0.25) is 10.3 Å². The van der Waals surface area contributed by atoms with Crippen molar-refractivity contribution in [3.8, 4) is 0 Å². The Bertz CT molecular complexity index is 1270. The maximum Gasteiger partial charge on any atom is 0.229 e. The van der Waals surface area contributed by atoms with E-state index in [2.05, 4.69) is 25.5 Å². The second-order valence-electron chi connectivity index (χ2n) is 9.24. The van der Waals surface area contributed by atoms with Crippen LogP contribution in [-0.4, -0.2) is 58.9 Å². The molecule has 0 saturated heterocycles. The molecule has 0 spiro atoms. The normalized spacial score (nSPS) is 17.3. The van der Waals surface area contributed by atoms with Crippen LogP contribution in [0.25, 0.3) is 5.57 Å². The lowest BCUT2D eigenvalue weighted by molar-refractivity contribution is 0.108. The van der Waals surface area contributed by atoms with Crippen molar-refractivity contribution in [1.29, 1.82) is 5.41 Å². The van der Waals surface area contributed by atoms with Crippen LogP contribution in [0.15, 0.2) is 47.6 Å². The number of rotatable bonds is 9. The van der Waals surface area contributed by atoms with Gasteiger partial charge in [0.25, 0.3) is 0 Å². The maximum absolute atomic E-state index is 14.8. The molecule has 3 heterocycles. The lowest BCUT2D eigenvalue weighted by Crippen LogP contribution is -2.33. The molecule has 0 amide bonds. The largest absolute Gasteiger partial charge is 0.391 e. The summed E-state index contributed by atoms with van der Waals surface area (Å²) in [5.74, 6) is -0.715. The average Bonchev–Trinajstić information content (AvgIpc) is 2.88. The molecule has 2 aliphatic rings. The van der Waals surface area contributed by atoms with Crippen LogP contribution in [0, 0.1) is 17.1 Å². The zero-order chi connectivity index (χ0) is 26.5. The molecule has 0 unspecified atom stereocenters. The van der Waals surface area contributed by atoms with Crippen molar-refractivity contribution in [3.63, 3.8) is 0 Å². The van der Waals surface area contributed by atoms with Gasteiger partial charge in [-0.05, 0) is 36.6 Å². The van der Waals surface area contributed by atoms with Gasteiger partial charge in [-0.2, -0.15) is 0 Å². The molecule has 2 aromatic heterocycles. The van der Waals surface area contributed by atoms with E-state index in [1.807, 2.05) is 32.9 Å². The van der Waals surface area contributed by atoms with Crippen molar-refractivity contribution < 1.29 is 13.5 Å². The molecule has 1 aliphatic carbocycles. The smallest absolute Gasteiger partial charge is 0.229 e. The number of fused-ring (bicyclic) bond motifs is 1. The van der Waals surface area contributed by atoms with E-state index in [4.69, 9.17) is 15.1 Å². The Morgan fingerprint density at radius 2 is 2.03 bits per heavy atom. The summed E-state index contributed by atoms with van der Waals surface area (Å²) < 4.78 is 35.0. The summed E-state index contributed by atoms with van der Waals surface area (Å²) in [6, 6.07) is 3.87. The molecule has 37 heavy (non-hydrogen) atoms. The highest BCUT2D eigenvalue weighted by atomic mass is 19.1. The van der Waals surface area contributed by atoms with Gasteiger partial charge < -0.3 is 15.4 Å². The minimum atomic E-state index is -0.750. The molecule has 0 radical (unpaired) electrons. The summed E-state index contributed by atoms with van der Waals surface area (Å²) in [7, 11) is 1.72. The van der Waals surface area contributed by atoms with Crippen LogP contribution in [0.3, 0.4) is 0 Å². The molecule has 4 rings (SSSR count). The predicted octanol–water partition coefficient (Wildman–Crippen LogP) is 4.55. The predicted molar refractivity (Wildman–Crippen MR) is 141 cm³/mol. The van der Waals surface area contributed by atoms with Gasteiger partial charge in [0.05, 0.1) is 18.5 Å². The van der Waals surface area contributed by atoms with Gasteiger partial charge in [0, 0.05) is 62.2 Å². The Balaban J connectivity index is 1.57. The van der Waals surface area contributed by atoms with Crippen LogP contribution in [0.1, 0.15) is 37.7 Å². The van der Waals surface area contributed by atoms with Gasteiger partial charge in [0.1, 0.15) is 17.3 Å². The molecule has 0 aromatic carbocycles. The van der Waals surface area contributed by atoms with E-state index in [1.165, 1.54) is 0 Å². The third-order valence-corrected chi connectivity index (χ3v) is 6.37. The first-order chi connectivity index (χ1) is 17.8. The fourth-order valence-electron chi connectivity index (χ4n) is 4.51. The topological polar surface area (TPSA) is 99.0 Å². The first-order valence-electron chi connectivity index (χ1n) is 12.5. The fraction of sp³-hybridized carbons (Fsp3) is 0.407. The molecule has 8 nitrogen and oxygen atoms in total. The number of hydrogen-bond acceptors (Lipinski definition) is 8. The van der Waals surface area contributed by atoms with Crippen LogP contribution in [-0.2, 0) is 17.7 Å². The highest BCUT2D eigenvalue weighted by Gasteiger charge is 2.24. The minimum Gasteiger partial charge on any atom is -0.391 e. The van der Waals surface area contributed by atoms with Crippen LogP contribution >= 0.6 is 0 Å². The van der Waals surface area contributed by atoms with Crippen molar-refractivity contribution in [2.45, 2.75) is 33.7 Å². The molecule has 3 N–H and O–H groups in total. The highest BCUT2D eigenvalue weighted by Crippen LogP contribution is 2.31. The van der Waals surface area contributed by atoms with E-state index < -0.39 is 11.6 Å². The number of pyridine rings is 1. The van der Waals surface area contributed by atoms with Gasteiger partial charge in [-0.1, -0.05) is 19.9 Å². The van der Waals surface area contributed by atoms with E-state index in [9.17, 15) is 8.78 Å². The lowest BCUT2D eigenvalue weighted by atomic mass is 9.92. The Labute approximate surface area is 216 Å². The Morgan fingerprint density at radius 1 is 1.22 bits per heavy atom. The van der Waals surface area contributed by atoms with Crippen molar-refractivity contribution in [2.75, 3.05) is 38.7 Å². The van der Waals surface area contributed by atoms with Gasteiger partial charge in [0.15, 0.2) is 5.82 Å². The van der Waals surface area contributed by atoms with Gasteiger partial charge >= 0.3 is 0 Å². The quantitative estimate of drug-likeness (QED) is 0.427. The number of anilines is 2. The Morgan fingerprint density at radius 3 is 2.76 bits per heavy atom. The molecule has 0 saturated carbocycles. The molecule has 2 aromatic rings.